The zero-order valence-corrected chi connectivity index (χ0v) is 14.7. The lowest BCUT2D eigenvalue weighted by Crippen LogP contribution is -2.30. The molecule has 2 rings (SSSR count). The molecule has 0 aliphatic rings. The molecule has 0 bridgehead atoms. The molecule has 116 valence electrons. The summed E-state index contributed by atoms with van der Waals surface area (Å²) in [6.07, 6.45) is 6.85. The van der Waals surface area contributed by atoms with Crippen molar-refractivity contribution in [1.29, 1.82) is 0 Å². The number of fused-ring (bicyclic) bond motifs is 1. The molecule has 0 saturated carbocycles. The Morgan fingerprint density at radius 1 is 1.14 bits per heavy atom. The number of anilines is 1. The van der Waals surface area contributed by atoms with E-state index in [1.54, 1.807) is 0 Å². The molecule has 2 aromatic heterocycles. The van der Waals surface area contributed by atoms with Gasteiger partial charge >= 0.3 is 0 Å². The molecule has 0 aromatic carbocycles. The van der Waals surface area contributed by atoms with Crippen LogP contribution in [0, 0.1) is 0 Å². The number of hydrogen-bond donors (Lipinski definition) is 0. The lowest BCUT2D eigenvalue weighted by molar-refractivity contribution is 0.300. The fourth-order valence-electron chi connectivity index (χ4n) is 2.54. The van der Waals surface area contributed by atoms with Crippen molar-refractivity contribution >= 4 is 27.4 Å². The molecular weight excluding hydrogens is 330 g/mol. The van der Waals surface area contributed by atoms with E-state index in [1.165, 1.54) is 0 Å². The summed E-state index contributed by atoms with van der Waals surface area (Å²) in [5.74, 6) is 0.955. The Balaban J connectivity index is 2.10. The highest BCUT2D eigenvalue weighted by molar-refractivity contribution is 9.10. The molecule has 0 aliphatic heterocycles. The standard InChI is InChI=1S/C15H24BrN5/c1-4-19(5-2)9-7-10-20(6-3)15-14-17-8-11-21(14)12-13(16)18-15/h8,11-12H,4-7,9-10H2,1-3H3. The highest BCUT2D eigenvalue weighted by Gasteiger charge is 2.13. The molecule has 0 aliphatic carbocycles. The molecule has 5 nitrogen and oxygen atoms in total. The van der Waals surface area contributed by atoms with Crippen LogP contribution in [-0.2, 0) is 0 Å². The van der Waals surface area contributed by atoms with E-state index in [2.05, 4.69) is 56.5 Å². The quantitative estimate of drug-likeness (QED) is 0.730. The normalized spacial score (nSPS) is 11.5. The molecule has 21 heavy (non-hydrogen) atoms. The van der Waals surface area contributed by atoms with Crippen LogP contribution in [0.25, 0.3) is 5.65 Å². The molecular formula is C15H24BrN5. The average Bonchev–Trinajstić information content (AvgIpc) is 2.95. The Kier molecular flexibility index (Phi) is 5.99. The Hall–Kier alpha value is -1.14. The van der Waals surface area contributed by atoms with Crippen LogP contribution in [0.5, 0.6) is 0 Å². The molecule has 2 aromatic rings. The number of imidazole rings is 1. The van der Waals surface area contributed by atoms with Gasteiger partial charge in [0.05, 0.1) is 0 Å². The third-order valence-electron chi connectivity index (χ3n) is 3.81. The van der Waals surface area contributed by atoms with E-state index >= 15 is 0 Å². The van der Waals surface area contributed by atoms with Gasteiger partial charge in [-0.1, -0.05) is 13.8 Å². The van der Waals surface area contributed by atoms with E-state index in [0.717, 1.165) is 55.2 Å². The number of halogens is 1. The van der Waals surface area contributed by atoms with E-state index in [0.29, 0.717) is 0 Å². The highest BCUT2D eigenvalue weighted by Crippen LogP contribution is 2.21. The van der Waals surface area contributed by atoms with Crippen LogP contribution < -0.4 is 4.90 Å². The molecule has 0 unspecified atom stereocenters. The van der Waals surface area contributed by atoms with E-state index < -0.39 is 0 Å². The Morgan fingerprint density at radius 3 is 2.57 bits per heavy atom. The summed E-state index contributed by atoms with van der Waals surface area (Å²) < 4.78 is 2.85. The summed E-state index contributed by atoms with van der Waals surface area (Å²) >= 11 is 3.48. The van der Waals surface area contributed by atoms with Crippen LogP contribution in [0.1, 0.15) is 27.2 Å². The van der Waals surface area contributed by atoms with Crippen LogP contribution >= 0.6 is 15.9 Å². The van der Waals surface area contributed by atoms with Gasteiger partial charge in [0.25, 0.3) is 0 Å². The van der Waals surface area contributed by atoms with E-state index in [1.807, 2.05) is 23.0 Å². The second-order valence-electron chi connectivity index (χ2n) is 5.01. The third-order valence-corrected chi connectivity index (χ3v) is 4.19. The molecule has 6 heteroatoms. The van der Waals surface area contributed by atoms with Gasteiger partial charge < -0.3 is 14.2 Å². The van der Waals surface area contributed by atoms with Gasteiger partial charge in [-0.15, -0.1) is 0 Å². The smallest absolute Gasteiger partial charge is 0.180 e. The molecule has 0 N–H and O–H groups in total. The molecule has 0 saturated heterocycles. The maximum absolute atomic E-state index is 4.63. The monoisotopic (exact) mass is 353 g/mol. The van der Waals surface area contributed by atoms with Crippen molar-refractivity contribution in [3.05, 3.63) is 23.2 Å². The minimum absolute atomic E-state index is 0.838. The second-order valence-corrected chi connectivity index (χ2v) is 5.82. The summed E-state index contributed by atoms with van der Waals surface area (Å²) in [5.41, 5.74) is 0.919. The number of rotatable bonds is 8. The third kappa shape index (κ3) is 3.95. The molecule has 0 amide bonds. The van der Waals surface area contributed by atoms with Gasteiger partial charge in [-0.05, 0) is 48.9 Å². The van der Waals surface area contributed by atoms with Gasteiger partial charge in [0.1, 0.15) is 4.60 Å². The van der Waals surface area contributed by atoms with Crippen molar-refractivity contribution in [3.8, 4) is 0 Å². The molecule has 0 spiro atoms. The van der Waals surface area contributed by atoms with Crippen molar-refractivity contribution < 1.29 is 0 Å². The van der Waals surface area contributed by atoms with Crippen molar-refractivity contribution in [2.45, 2.75) is 27.2 Å². The van der Waals surface area contributed by atoms with E-state index in [9.17, 15) is 0 Å². The van der Waals surface area contributed by atoms with Gasteiger partial charge in [-0.2, -0.15) is 0 Å². The first-order valence-corrected chi connectivity index (χ1v) is 8.45. The summed E-state index contributed by atoms with van der Waals surface area (Å²) in [7, 11) is 0. The zero-order chi connectivity index (χ0) is 15.2. The van der Waals surface area contributed by atoms with Crippen LogP contribution in [0.2, 0.25) is 0 Å². The van der Waals surface area contributed by atoms with Crippen LogP contribution in [0.4, 0.5) is 5.82 Å². The average molecular weight is 354 g/mol. The first kappa shape index (κ1) is 16.2. The summed E-state index contributed by atoms with van der Waals surface area (Å²) in [6, 6.07) is 0. The summed E-state index contributed by atoms with van der Waals surface area (Å²) in [4.78, 5) is 13.8. The second kappa shape index (κ2) is 7.75. The van der Waals surface area contributed by atoms with Crippen molar-refractivity contribution in [2.75, 3.05) is 37.6 Å². The Morgan fingerprint density at radius 2 is 1.90 bits per heavy atom. The van der Waals surface area contributed by atoms with Crippen LogP contribution in [0.3, 0.4) is 0 Å². The van der Waals surface area contributed by atoms with Gasteiger partial charge in [-0.3, -0.25) is 0 Å². The van der Waals surface area contributed by atoms with Crippen molar-refractivity contribution in [2.24, 2.45) is 0 Å². The molecule has 0 radical (unpaired) electrons. The molecule has 2 heterocycles. The maximum atomic E-state index is 4.63. The maximum Gasteiger partial charge on any atom is 0.180 e. The fourth-order valence-corrected chi connectivity index (χ4v) is 2.92. The van der Waals surface area contributed by atoms with Crippen LogP contribution in [-0.4, -0.2) is 52.0 Å². The first-order valence-electron chi connectivity index (χ1n) is 7.66. The van der Waals surface area contributed by atoms with E-state index in [-0.39, 0.29) is 0 Å². The Labute approximate surface area is 135 Å². The predicted octanol–water partition coefficient (Wildman–Crippen LogP) is 3.05. The molecule has 0 fully saturated rings. The van der Waals surface area contributed by atoms with Gasteiger partial charge in [0.2, 0.25) is 0 Å². The Bertz CT molecular complexity index is 564. The topological polar surface area (TPSA) is 36.7 Å². The largest absolute Gasteiger partial charge is 0.354 e. The van der Waals surface area contributed by atoms with Crippen molar-refractivity contribution in [1.82, 2.24) is 19.3 Å². The summed E-state index contributed by atoms with van der Waals surface area (Å²) in [6.45, 7) is 11.9. The van der Waals surface area contributed by atoms with Gasteiger partial charge in [-0.25, -0.2) is 9.97 Å². The minimum atomic E-state index is 0.838. The van der Waals surface area contributed by atoms with Crippen LogP contribution in [0.15, 0.2) is 23.2 Å². The highest BCUT2D eigenvalue weighted by atomic mass is 79.9. The van der Waals surface area contributed by atoms with Gasteiger partial charge in [0.15, 0.2) is 11.5 Å². The minimum Gasteiger partial charge on any atom is -0.354 e. The SMILES string of the molecule is CCN(CC)CCCN(CC)c1nc(Br)cn2ccnc12. The lowest BCUT2D eigenvalue weighted by Gasteiger charge is -2.24. The number of hydrogen-bond acceptors (Lipinski definition) is 4. The first-order chi connectivity index (χ1) is 10.2. The predicted molar refractivity (Wildman–Crippen MR) is 91.0 cm³/mol. The number of nitrogens with zero attached hydrogens (tertiary/aromatic N) is 5. The fraction of sp³-hybridized carbons (Fsp3) is 0.600. The van der Waals surface area contributed by atoms with Gasteiger partial charge in [0, 0.05) is 31.7 Å². The van der Waals surface area contributed by atoms with E-state index in [4.69, 9.17) is 0 Å². The lowest BCUT2D eigenvalue weighted by atomic mass is 10.3. The zero-order valence-electron chi connectivity index (χ0n) is 13.1. The number of aromatic nitrogens is 3. The van der Waals surface area contributed by atoms with Crippen molar-refractivity contribution in [3.63, 3.8) is 0 Å². The molecule has 0 atom stereocenters. The summed E-state index contributed by atoms with van der Waals surface area (Å²) in [5, 5.41) is 0.